The quantitative estimate of drug-likeness (QED) is 0.714. The van der Waals surface area contributed by atoms with E-state index in [0.29, 0.717) is 15.3 Å². The van der Waals surface area contributed by atoms with E-state index in [1.54, 1.807) is 0 Å². The molecule has 106 valence electrons. The van der Waals surface area contributed by atoms with Gasteiger partial charge >= 0.3 is 0 Å². The van der Waals surface area contributed by atoms with Gasteiger partial charge in [-0.2, -0.15) is 0 Å². The molecule has 0 atom stereocenters. The van der Waals surface area contributed by atoms with E-state index in [-0.39, 0.29) is 5.56 Å². The van der Waals surface area contributed by atoms with Crippen LogP contribution in [0.5, 0.6) is 0 Å². The Morgan fingerprint density at radius 1 is 1.40 bits per heavy atom. The van der Waals surface area contributed by atoms with Crippen molar-refractivity contribution in [1.82, 2.24) is 9.97 Å². The summed E-state index contributed by atoms with van der Waals surface area (Å²) in [5, 5.41) is 0. The monoisotopic (exact) mass is 446 g/mol. The van der Waals surface area contributed by atoms with E-state index in [0.717, 1.165) is 27.7 Å². The van der Waals surface area contributed by atoms with Crippen molar-refractivity contribution >= 4 is 38.5 Å². The van der Waals surface area contributed by atoms with Crippen molar-refractivity contribution < 1.29 is 0 Å². The molecule has 0 fully saturated rings. The normalized spacial score (nSPS) is 11.1. The van der Waals surface area contributed by atoms with E-state index in [1.165, 1.54) is 0 Å². The van der Waals surface area contributed by atoms with Gasteiger partial charge in [0.1, 0.15) is 5.82 Å². The van der Waals surface area contributed by atoms with Gasteiger partial charge in [-0.25, -0.2) is 4.98 Å². The standard InChI is InChI=1S/C15H16BrIN2O/c1-8(2)6-12-13(17)15(20)19-14(18-12)11-5-4-10(16)7-9(11)3/h4-5,7-8H,6H2,1-3H3,(H,18,19,20). The van der Waals surface area contributed by atoms with Gasteiger partial charge in [-0.15, -0.1) is 0 Å². The number of nitrogens with zero attached hydrogens (tertiary/aromatic N) is 1. The van der Waals surface area contributed by atoms with Gasteiger partial charge in [-0.05, 0) is 65.6 Å². The first-order valence-corrected chi connectivity index (χ1v) is 8.31. The van der Waals surface area contributed by atoms with Gasteiger partial charge in [0.15, 0.2) is 0 Å². The van der Waals surface area contributed by atoms with Crippen LogP contribution in [0.4, 0.5) is 0 Å². The van der Waals surface area contributed by atoms with Crippen molar-refractivity contribution in [3.63, 3.8) is 0 Å². The SMILES string of the molecule is Cc1cc(Br)ccc1-c1nc(CC(C)C)c(I)c(=O)[nH]1. The maximum absolute atomic E-state index is 12.1. The fourth-order valence-electron chi connectivity index (χ4n) is 2.05. The number of aryl methyl sites for hydroxylation is 1. The lowest BCUT2D eigenvalue weighted by atomic mass is 10.1. The van der Waals surface area contributed by atoms with Gasteiger partial charge in [-0.1, -0.05) is 29.8 Å². The number of aromatic nitrogens is 2. The van der Waals surface area contributed by atoms with Crippen molar-refractivity contribution in [2.24, 2.45) is 5.92 Å². The van der Waals surface area contributed by atoms with Gasteiger partial charge in [0.05, 0.1) is 9.26 Å². The van der Waals surface area contributed by atoms with Crippen LogP contribution in [0.25, 0.3) is 11.4 Å². The summed E-state index contributed by atoms with van der Waals surface area (Å²) < 4.78 is 1.71. The lowest BCUT2D eigenvalue weighted by molar-refractivity contribution is 0.631. The molecule has 1 N–H and O–H groups in total. The third kappa shape index (κ3) is 3.49. The van der Waals surface area contributed by atoms with Crippen LogP contribution < -0.4 is 5.56 Å². The van der Waals surface area contributed by atoms with Crippen LogP contribution in [0.2, 0.25) is 0 Å². The van der Waals surface area contributed by atoms with Crippen molar-refractivity contribution in [1.29, 1.82) is 0 Å². The first-order chi connectivity index (χ1) is 9.38. The highest BCUT2D eigenvalue weighted by molar-refractivity contribution is 14.1. The molecule has 2 rings (SSSR count). The fraction of sp³-hybridized carbons (Fsp3) is 0.333. The topological polar surface area (TPSA) is 45.8 Å². The molecule has 1 aromatic carbocycles. The van der Waals surface area contributed by atoms with Crippen LogP contribution in [0.1, 0.15) is 25.1 Å². The summed E-state index contributed by atoms with van der Waals surface area (Å²) in [5.74, 6) is 1.12. The van der Waals surface area contributed by atoms with Crippen LogP contribution in [0.3, 0.4) is 0 Å². The Morgan fingerprint density at radius 2 is 2.10 bits per heavy atom. The molecule has 0 saturated carbocycles. The molecular weight excluding hydrogens is 431 g/mol. The number of benzene rings is 1. The van der Waals surface area contributed by atoms with Gasteiger partial charge in [-0.3, -0.25) is 4.79 Å². The molecule has 0 amide bonds. The second-order valence-corrected chi connectivity index (χ2v) is 7.23. The molecule has 0 spiro atoms. The van der Waals surface area contributed by atoms with E-state index < -0.39 is 0 Å². The Morgan fingerprint density at radius 3 is 2.70 bits per heavy atom. The highest BCUT2D eigenvalue weighted by Crippen LogP contribution is 2.24. The van der Waals surface area contributed by atoms with E-state index in [9.17, 15) is 4.79 Å². The molecule has 3 nitrogen and oxygen atoms in total. The molecule has 2 aromatic rings. The minimum atomic E-state index is -0.0615. The Hall–Kier alpha value is -0.690. The summed E-state index contributed by atoms with van der Waals surface area (Å²) in [7, 11) is 0. The van der Waals surface area contributed by atoms with Crippen LogP contribution >= 0.6 is 38.5 Å². The maximum Gasteiger partial charge on any atom is 0.264 e. The number of halogens is 2. The fourth-order valence-corrected chi connectivity index (χ4v) is 3.00. The number of H-pyrrole nitrogens is 1. The lowest BCUT2D eigenvalue weighted by Gasteiger charge is -2.10. The molecule has 0 aliphatic rings. The summed E-state index contributed by atoms with van der Waals surface area (Å²) in [6.07, 6.45) is 0.810. The zero-order valence-corrected chi connectivity index (χ0v) is 15.4. The average Bonchev–Trinajstić information content (AvgIpc) is 2.34. The van der Waals surface area contributed by atoms with E-state index in [4.69, 9.17) is 0 Å². The number of nitrogens with one attached hydrogen (secondary N) is 1. The zero-order chi connectivity index (χ0) is 14.9. The molecule has 0 radical (unpaired) electrons. The van der Waals surface area contributed by atoms with E-state index in [2.05, 4.69) is 62.3 Å². The largest absolute Gasteiger partial charge is 0.306 e. The third-order valence-corrected chi connectivity index (χ3v) is 4.58. The minimum Gasteiger partial charge on any atom is -0.306 e. The van der Waals surface area contributed by atoms with Crippen LogP contribution in [-0.4, -0.2) is 9.97 Å². The molecule has 0 bridgehead atoms. The van der Waals surface area contributed by atoms with Crippen LogP contribution in [0.15, 0.2) is 27.5 Å². The Balaban J connectivity index is 2.57. The molecule has 1 heterocycles. The molecule has 0 aliphatic carbocycles. The summed E-state index contributed by atoms with van der Waals surface area (Å²) in [5.41, 5.74) is 2.86. The minimum absolute atomic E-state index is 0.0615. The summed E-state index contributed by atoms with van der Waals surface area (Å²) >= 11 is 5.52. The van der Waals surface area contributed by atoms with Crippen LogP contribution in [0, 0.1) is 16.4 Å². The Bertz CT molecular complexity index is 695. The lowest BCUT2D eigenvalue weighted by Crippen LogP contribution is -2.17. The third-order valence-electron chi connectivity index (χ3n) is 2.98. The highest BCUT2D eigenvalue weighted by Gasteiger charge is 2.13. The smallest absolute Gasteiger partial charge is 0.264 e. The Labute approximate surface area is 140 Å². The molecule has 20 heavy (non-hydrogen) atoms. The van der Waals surface area contributed by atoms with Gasteiger partial charge in [0.2, 0.25) is 0 Å². The Kier molecular flexibility index (Phi) is 5.01. The first kappa shape index (κ1) is 15.7. The second-order valence-electron chi connectivity index (χ2n) is 5.23. The zero-order valence-electron chi connectivity index (χ0n) is 11.6. The number of rotatable bonds is 3. The summed E-state index contributed by atoms with van der Waals surface area (Å²) in [4.78, 5) is 19.6. The molecule has 0 aliphatic heterocycles. The predicted octanol–water partition coefficient (Wildman–Crippen LogP) is 4.31. The molecule has 0 unspecified atom stereocenters. The van der Waals surface area contributed by atoms with E-state index >= 15 is 0 Å². The summed E-state index contributed by atoms with van der Waals surface area (Å²) in [6.45, 7) is 6.27. The molecule has 0 saturated heterocycles. The highest BCUT2D eigenvalue weighted by atomic mass is 127. The van der Waals surface area contributed by atoms with Gasteiger partial charge in [0, 0.05) is 10.0 Å². The van der Waals surface area contributed by atoms with Crippen molar-refractivity contribution in [2.75, 3.05) is 0 Å². The van der Waals surface area contributed by atoms with Crippen molar-refractivity contribution in [3.8, 4) is 11.4 Å². The summed E-state index contributed by atoms with van der Waals surface area (Å²) in [6, 6.07) is 5.96. The number of hydrogen-bond donors (Lipinski definition) is 1. The second kappa shape index (κ2) is 6.39. The molecule has 5 heteroatoms. The predicted molar refractivity (Wildman–Crippen MR) is 94.0 cm³/mol. The van der Waals surface area contributed by atoms with Gasteiger partial charge < -0.3 is 4.98 Å². The van der Waals surface area contributed by atoms with Crippen molar-refractivity contribution in [2.45, 2.75) is 27.2 Å². The first-order valence-electron chi connectivity index (χ1n) is 6.43. The average molecular weight is 447 g/mol. The van der Waals surface area contributed by atoms with E-state index in [1.807, 2.05) is 25.1 Å². The number of hydrogen-bond acceptors (Lipinski definition) is 2. The van der Waals surface area contributed by atoms with Crippen molar-refractivity contribution in [3.05, 3.63) is 47.9 Å². The maximum atomic E-state index is 12.1. The van der Waals surface area contributed by atoms with Crippen LogP contribution in [-0.2, 0) is 6.42 Å². The molecular formula is C15H16BrIN2O. The molecule has 1 aromatic heterocycles. The number of aromatic amines is 1. The van der Waals surface area contributed by atoms with Gasteiger partial charge in [0.25, 0.3) is 5.56 Å².